The Morgan fingerprint density at radius 2 is 2.28 bits per heavy atom. The molecule has 0 amide bonds. The van der Waals surface area contributed by atoms with E-state index in [0.717, 1.165) is 0 Å². The van der Waals surface area contributed by atoms with Gasteiger partial charge in [-0.15, -0.1) is 5.10 Å². The monoisotopic (exact) mass is 311 g/mol. The molecule has 8 heteroatoms. The quantitative estimate of drug-likeness (QED) is 0.690. The number of halogens is 1. The first-order valence-corrected chi connectivity index (χ1v) is 5.90. The fraction of sp³-hybridized carbons (Fsp3) is 0.200. The Labute approximate surface area is 111 Å². The van der Waals surface area contributed by atoms with Crippen LogP contribution in [0.25, 0.3) is 5.69 Å². The molecule has 1 heterocycles. The lowest BCUT2D eigenvalue weighted by molar-refractivity contribution is -0.384. The number of hydrogen-bond acceptors (Lipinski definition) is 5. The van der Waals surface area contributed by atoms with Crippen LogP contribution >= 0.6 is 15.9 Å². The summed E-state index contributed by atoms with van der Waals surface area (Å²) < 4.78 is 1.98. The maximum atomic E-state index is 11.0. The van der Waals surface area contributed by atoms with E-state index >= 15 is 0 Å². The highest BCUT2D eigenvalue weighted by Crippen LogP contribution is 2.26. The van der Waals surface area contributed by atoms with Crippen molar-refractivity contribution in [3.8, 4) is 5.69 Å². The molecular formula is C10H10BrN5O2. The first-order valence-electron chi connectivity index (χ1n) is 5.11. The second-order valence-electron chi connectivity index (χ2n) is 3.77. The van der Waals surface area contributed by atoms with Crippen LogP contribution in [0, 0.1) is 10.1 Å². The molecule has 94 valence electrons. The van der Waals surface area contributed by atoms with Crippen molar-refractivity contribution in [2.24, 2.45) is 5.73 Å². The van der Waals surface area contributed by atoms with Gasteiger partial charge in [0.05, 0.1) is 16.8 Å². The highest BCUT2D eigenvalue weighted by atomic mass is 79.9. The molecule has 1 aromatic carbocycles. The topological polar surface area (TPSA) is 99.9 Å². The second kappa shape index (κ2) is 4.83. The van der Waals surface area contributed by atoms with Gasteiger partial charge in [-0.3, -0.25) is 10.1 Å². The lowest BCUT2D eigenvalue weighted by Gasteiger charge is -2.02. The van der Waals surface area contributed by atoms with Gasteiger partial charge in [-0.05, 0) is 19.1 Å². The summed E-state index contributed by atoms with van der Waals surface area (Å²) in [5.41, 5.74) is 6.55. The average Bonchev–Trinajstić information content (AvgIpc) is 2.78. The van der Waals surface area contributed by atoms with Gasteiger partial charge < -0.3 is 5.73 Å². The summed E-state index contributed by atoms with van der Waals surface area (Å²) >= 11 is 3.20. The molecular weight excluding hydrogens is 302 g/mol. The van der Waals surface area contributed by atoms with Crippen molar-refractivity contribution >= 4 is 21.6 Å². The van der Waals surface area contributed by atoms with Gasteiger partial charge in [-0.25, -0.2) is 4.68 Å². The van der Waals surface area contributed by atoms with Gasteiger partial charge in [0.25, 0.3) is 5.69 Å². The summed E-state index contributed by atoms with van der Waals surface area (Å²) in [6.07, 6.45) is 1.58. The molecule has 0 aliphatic rings. The molecule has 2 aromatic rings. The van der Waals surface area contributed by atoms with E-state index < -0.39 is 4.92 Å². The lowest BCUT2D eigenvalue weighted by atomic mass is 10.2. The average molecular weight is 312 g/mol. The summed E-state index contributed by atoms with van der Waals surface area (Å²) in [7, 11) is 0. The van der Waals surface area contributed by atoms with Crippen LogP contribution in [0.4, 0.5) is 5.69 Å². The molecule has 0 spiro atoms. The molecule has 18 heavy (non-hydrogen) atoms. The Kier molecular flexibility index (Phi) is 3.39. The number of nitrogens with zero attached hydrogens (tertiary/aromatic N) is 4. The summed E-state index contributed by atoms with van der Waals surface area (Å²) in [6.45, 7) is 1.77. The minimum atomic E-state index is -0.465. The molecule has 2 rings (SSSR count). The summed E-state index contributed by atoms with van der Waals surface area (Å²) in [5.74, 6) is 0. The Bertz CT molecular complexity index is 596. The number of nitro groups is 1. The van der Waals surface area contributed by atoms with Crippen molar-refractivity contribution in [1.29, 1.82) is 0 Å². The molecule has 1 unspecified atom stereocenters. The minimum absolute atomic E-state index is 0.0505. The lowest BCUT2D eigenvalue weighted by Crippen LogP contribution is -2.05. The molecule has 0 radical (unpaired) electrons. The Morgan fingerprint density at radius 3 is 2.83 bits per heavy atom. The Balaban J connectivity index is 2.52. The van der Waals surface area contributed by atoms with E-state index in [2.05, 4.69) is 26.2 Å². The van der Waals surface area contributed by atoms with E-state index in [0.29, 0.717) is 15.9 Å². The molecule has 0 fully saturated rings. The third-order valence-corrected chi connectivity index (χ3v) is 2.85. The third-order valence-electron chi connectivity index (χ3n) is 2.36. The molecule has 0 aliphatic carbocycles. The van der Waals surface area contributed by atoms with E-state index in [9.17, 15) is 10.1 Å². The number of nitro benzene ring substituents is 1. The fourth-order valence-electron chi connectivity index (χ4n) is 1.44. The number of benzene rings is 1. The van der Waals surface area contributed by atoms with E-state index in [4.69, 9.17) is 5.73 Å². The summed E-state index contributed by atoms with van der Waals surface area (Å²) in [4.78, 5) is 10.5. The predicted octanol–water partition coefficient (Wildman–Crippen LogP) is 1.96. The zero-order chi connectivity index (χ0) is 13.3. The zero-order valence-electron chi connectivity index (χ0n) is 9.45. The molecule has 2 N–H and O–H groups in total. The predicted molar refractivity (Wildman–Crippen MR) is 68.3 cm³/mol. The summed E-state index contributed by atoms with van der Waals surface area (Å²) in [6, 6.07) is 4.45. The van der Waals surface area contributed by atoms with Crippen LogP contribution in [0.15, 0.2) is 28.9 Å². The van der Waals surface area contributed by atoms with Crippen LogP contribution < -0.4 is 5.73 Å². The van der Waals surface area contributed by atoms with Crippen molar-refractivity contribution in [3.63, 3.8) is 0 Å². The van der Waals surface area contributed by atoms with Gasteiger partial charge in [0.1, 0.15) is 5.69 Å². The van der Waals surface area contributed by atoms with Crippen LogP contribution in [0.2, 0.25) is 0 Å². The van der Waals surface area contributed by atoms with Crippen molar-refractivity contribution in [2.75, 3.05) is 0 Å². The Hall–Kier alpha value is -1.80. The Morgan fingerprint density at radius 1 is 1.56 bits per heavy atom. The normalized spacial score (nSPS) is 12.4. The van der Waals surface area contributed by atoms with Gasteiger partial charge >= 0.3 is 0 Å². The second-order valence-corrected chi connectivity index (χ2v) is 4.68. The highest BCUT2D eigenvalue weighted by Gasteiger charge is 2.17. The van der Waals surface area contributed by atoms with Crippen LogP contribution in [-0.4, -0.2) is 19.9 Å². The van der Waals surface area contributed by atoms with E-state index in [1.165, 1.54) is 10.7 Å². The first kappa shape index (κ1) is 12.7. The van der Waals surface area contributed by atoms with Gasteiger partial charge in [-0.2, -0.15) is 0 Å². The van der Waals surface area contributed by atoms with E-state index in [1.54, 1.807) is 25.3 Å². The fourth-order valence-corrected chi connectivity index (χ4v) is 1.79. The van der Waals surface area contributed by atoms with Crippen LogP contribution in [0.1, 0.15) is 18.7 Å². The minimum Gasteiger partial charge on any atom is -0.323 e. The van der Waals surface area contributed by atoms with Crippen molar-refractivity contribution in [1.82, 2.24) is 15.0 Å². The van der Waals surface area contributed by atoms with Crippen molar-refractivity contribution in [3.05, 3.63) is 44.7 Å². The first-order chi connectivity index (χ1) is 8.49. The van der Waals surface area contributed by atoms with Crippen LogP contribution in [0.3, 0.4) is 0 Å². The molecule has 1 aromatic heterocycles. The third kappa shape index (κ3) is 2.39. The standard InChI is InChI=1S/C10H10BrN5O2/c1-6(12)8-5-15(14-13-8)9-3-2-7(11)4-10(9)16(17)18/h2-6H,12H2,1H3. The molecule has 0 saturated heterocycles. The maximum Gasteiger partial charge on any atom is 0.296 e. The van der Waals surface area contributed by atoms with Gasteiger partial charge in [0, 0.05) is 16.6 Å². The number of rotatable bonds is 3. The van der Waals surface area contributed by atoms with Gasteiger partial charge in [-0.1, -0.05) is 21.1 Å². The summed E-state index contributed by atoms with van der Waals surface area (Å²) in [5, 5.41) is 18.7. The van der Waals surface area contributed by atoms with E-state index in [-0.39, 0.29) is 11.7 Å². The molecule has 0 bridgehead atoms. The molecule has 0 saturated carbocycles. The number of hydrogen-bond donors (Lipinski definition) is 1. The van der Waals surface area contributed by atoms with Gasteiger partial charge in [0.2, 0.25) is 0 Å². The van der Waals surface area contributed by atoms with Crippen molar-refractivity contribution in [2.45, 2.75) is 13.0 Å². The van der Waals surface area contributed by atoms with Gasteiger partial charge in [0.15, 0.2) is 0 Å². The maximum absolute atomic E-state index is 11.0. The highest BCUT2D eigenvalue weighted by molar-refractivity contribution is 9.10. The number of nitrogens with two attached hydrogens (primary N) is 1. The van der Waals surface area contributed by atoms with E-state index in [1.807, 2.05) is 0 Å². The molecule has 7 nitrogen and oxygen atoms in total. The van der Waals surface area contributed by atoms with Crippen LogP contribution in [-0.2, 0) is 0 Å². The van der Waals surface area contributed by atoms with Crippen molar-refractivity contribution < 1.29 is 4.92 Å². The molecule has 1 atom stereocenters. The largest absolute Gasteiger partial charge is 0.323 e. The van der Waals surface area contributed by atoms with Crippen LogP contribution in [0.5, 0.6) is 0 Å². The zero-order valence-corrected chi connectivity index (χ0v) is 11.0. The SMILES string of the molecule is CC(N)c1cn(-c2ccc(Br)cc2[N+](=O)[O-])nn1. The molecule has 0 aliphatic heterocycles. The smallest absolute Gasteiger partial charge is 0.296 e. The number of aromatic nitrogens is 3.